The summed E-state index contributed by atoms with van der Waals surface area (Å²) in [6, 6.07) is 13.9. The van der Waals surface area contributed by atoms with Crippen LogP contribution in [0.3, 0.4) is 0 Å². The lowest BCUT2D eigenvalue weighted by Gasteiger charge is -2.36. The Morgan fingerprint density at radius 1 is 1.12 bits per heavy atom. The molecular formula is C21H27NO4. The van der Waals surface area contributed by atoms with Crippen LogP contribution in [-0.4, -0.2) is 50.0 Å². The maximum Gasteiger partial charge on any atom is 0.161 e. The van der Waals surface area contributed by atoms with Gasteiger partial charge in [0.05, 0.1) is 14.2 Å². The van der Waals surface area contributed by atoms with Gasteiger partial charge in [0.1, 0.15) is 18.5 Å². The zero-order valence-electron chi connectivity index (χ0n) is 15.6. The highest BCUT2D eigenvalue weighted by Gasteiger charge is 2.27. The summed E-state index contributed by atoms with van der Waals surface area (Å²) in [5, 5.41) is 10.4. The van der Waals surface area contributed by atoms with Crippen LogP contribution in [0.2, 0.25) is 0 Å². The van der Waals surface area contributed by atoms with E-state index in [4.69, 9.17) is 14.2 Å². The van der Waals surface area contributed by atoms with E-state index in [2.05, 4.69) is 24.0 Å². The number of fused-ring (bicyclic) bond motifs is 1. The third-order valence-corrected chi connectivity index (χ3v) is 4.94. The molecule has 0 aliphatic carbocycles. The molecule has 0 fully saturated rings. The maximum atomic E-state index is 10.4. The van der Waals surface area contributed by atoms with Gasteiger partial charge in [0.15, 0.2) is 11.5 Å². The molecule has 0 unspecified atom stereocenters. The minimum atomic E-state index is -0.542. The Kier molecular flexibility index (Phi) is 6.01. The van der Waals surface area contributed by atoms with Gasteiger partial charge in [-0.1, -0.05) is 18.2 Å². The van der Waals surface area contributed by atoms with Crippen molar-refractivity contribution in [1.29, 1.82) is 0 Å². The predicted octanol–water partition coefficient (Wildman–Crippen LogP) is 3.06. The number of benzene rings is 2. The molecule has 2 aromatic carbocycles. The molecule has 1 N–H and O–H groups in total. The summed E-state index contributed by atoms with van der Waals surface area (Å²) in [7, 11) is 3.31. The summed E-state index contributed by atoms with van der Waals surface area (Å²) in [5.41, 5.74) is 2.51. The van der Waals surface area contributed by atoms with Crippen molar-refractivity contribution in [2.24, 2.45) is 0 Å². The average molecular weight is 357 g/mol. The van der Waals surface area contributed by atoms with E-state index in [9.17, 15) is 5.11 Å². The Balaban J connectivity index is 1.64. The van der Waals surface area contributed by atoms with Crippen LogP contribution in [0.1, 0.15) is 24.1 Å². The van der Waals surface area contributed by atoms with Crippen LogP contribution in [-0.2, 0) is 6.42 Å². The molecule has 0 saturated heterocycles. The summed E-state index contributed by atoms with van der Waals surface area (Å²) in [5.74, 6) is 2.29. The van der Waals surface area contributed by atoms with Gasteiger partial charge in [-0.05, 0) is 48.7 Å². The summed E-state index contributed by atoms with van der Waals surface area (Å²) in [6.07, 6.45) is 0.381. The van der Waals surface area contributed by atoms with E-state index < -0.39 is 6.10 Å². The fourth-order valence-electron chi connectivity index (χ4n) is 3.48. The lowest BCUT2D eigenvalue weighted by Crippen LogP contribution is -2.41. The predicted molar refractivity (Wildman–Crippen MR) is 101 cm³/mol. The van der Waals surface area contributed by atoms with Crippen molar-refractivity contribution < 1.29 is 19.3 Å². The van der Waals surface area contributed by atoms with Crippen LogP contribution in [0.5, 0.6) is 17.2 Å². The van der Waals surface area contributed by atoms with Gasteiger partial charge in [-0.15, -0.1) is 0 Å². The molecular weight excluding hydrogens is 330 g/mol. The number of methoxy groups -OCH3 is 2. The highest BCUT2D eigenvalue weighted by Crippen LogP contribution is 2.37. The molecule has 0 bridgehead atoms. The van der Waals surface area contributed by atoms with E-state index in [0.29, 0.717) is 6.54 Å². The number of rotatable bonds is 7. The van der Waals surface area contributed by atoms with Gasteiger partial charge in [0.25, 0.3) is 0 Å². The summed E-state index contributed by atoms with van der Waals surface area (Å²) < 4.78 is 16.5. The Morgan fingerprint density at radius 3 is 2.50 bits per heavy atom. The van der Waals surface area contributed by atoms with Gasteiger partial charge in [0.2, 0.25) is 0 Å². The molecule has 0 radical (unpaired) electrons. The van der Waals surface area contributed by atoms with Crippen LogP contribution in [0.25, 0.3) is 0 Å². The van der Waals surface area contributed by atoms with Gasteiger partial charge in [-0.3, -0.25) is 4.90 Å². The van der Waals surface area contributed by atoms with Crippen molar-refractivity contribution in [3.63, 3.8) is 0 Å². The number of nitrogens with zero attached hydrogens (tertiary/aromatic N) is 1. The molecule has 1 aliphatic heterocycles. The average Bonchev–Trinajstić information content (AvgIpc) is 2.68. The molecule has 1 aliphatic rings. The van der Waals surface area contributed by atoms with Crippen molar-refractivity contribution in [2.45, 2.75) is 25.5 Å². The maximum absolute atomic E-state index is 10.4. The minimum Gasteiger partial charge on any atom is -0.493 e. The van der Waals surface area contributed by atoms with E-state index in [0.717, 1.165) is 30.2 Å². The first-order valence-corrected chi connectivity index (χ1v) is 8.97. The normalized spacial score (nSPS) is 18.1. The highest BCUT2D eigenvalue weighted by molar-refractivity contribution is 5.49. The number of β-amino-alcohol motifs (C(OH)–C–C–N with tert-alkyl or cyclic N) is 1. The second-order valence-electron chi connectivity index (χ2n) is 6.60. The van der Waals surface area contributed by atoms with Gasteiger partial charge < -0.3 is 19.3 Å². The summed E-state index contributed by atoms with van der Waals surface area (Å²) in [4.78, 5) is 2.28. The third kappa shape index (κ3) is 4.11. The highest BCUT2D eigenvalue weighted by atomic mass is 16.5. The topological polar surface area (TPSA) is 51.2 Å². The van der Waals surface area contributed by atoms with Crippen molar-refractivity contribution in [3.05, 3.63) is 53.6 Å². The van der Waals surface area contributed by atoms with Crippen LogP contribution < -0.4 is 14.2 Å². The van der Waals surface area contributed by atoms with Crippen LogP contribution in [0.15, 0.2) is 42.5 Å². The smallest absolute Gasteiger partial charge is 0.161 e. The fraction of sp³-hybridized carbons (Fsp3) is 0.429. The fourth-order valence-corrected chi connectivity index (χ4v) is 3.48. The SMILES string of the molecule is COc1cc2c(cc1OC)[C@@H](C)N(C[C@H](O)COc1ccccc1)CC2. The molecule has 5 heteroatoms. The first kappa shape index (κ1) is 18.5. The first-order valence-electron chi connectivity index (χ1n) is 8.97. The number of hydrogen-bond acceptors (Lipinski definition) is 5. The van der Waals surface area contributed by atoms with Crippen molar-refractivity contribution in [2.75, 3.05) is 33.9 Å². The van der Waals surface area contributed by atoms with E-state index >= 15 is 0 Å². The number of ether oxygens (including phenoxy) is 3. The minimum absolute atomic E-state index is 0.199. The van der Waals surface area contributed by atoms with E-state index in [1.807, 2.05) is 30.3 Å². The third-order valence-electron chi connectivity index (χ3n) is 4.94. The Bertz CT molecular complexity index is 719. The molecule has 3 rings (SSSR count). The quantitative estimate of drug-likeness (QED) is 0.825. The summed E-state index contributed by atoms with van der Waals surface area (Å²) >= 11 is 0. The number of aliphatic hydroxyl groups is 1. The van der Waals surface area contributed by atoms with E-state index in [-0.39, 0.29) is 12.6 Å². The monoisotopic (exact) mass is 357 g/mol. The largest absolute Gasteiger partial charge is 0.493 e. The molecule has 0 spiro atoms. The van der Waals surface area contributed by atoms with Gasteiger partial charge in [0, 0.05) is 19.1 Å². The van der Waals surface area contributed by atoms with Crippen molar-refractivity contribution in [1.82, 2.24) is 4.90 Å². The van der Waals surface area contributed by atoms with Gasteiger partial charge in [-0.2, -0.15) is 0 Å². The molecule has 0 amide bonds. The molecule has 5 nitrogen and oxygen atoms in total. The lowest BCUT2D eigenvalue weighted by atomic mass is 9.92. The zero-order chi connectivity index (χ0) is 18.5. The van der Waals surface area contributed by atoms with Crippen molar-refractivity contribution in [3.8, 4) is 17.2 Å². The van der Waals surface area contributed by atoms with Gasteiger partial charge in [-0.25, -0.2) is 0 Å². The van der Waals surface area contributed by atoms with Crippen LogP contribution in [0.4, 0.5) is 0 Å². The van der Waals surface area contributed by atoms with Crippen molar-refractivity contribution >= 4 is 0 Å². The molecule has 1 heterocycles. The molecule has 2 atom stereocenters. The molecule has 140 valence electrons. The first-order chi connectivity index (χ1) is 12.6. The van der Waals surface area contributed by atoms with Crippen LogP contribution in [0, 0.1) is 0 Å². The van der Waals surface area contributed by atoms with Gasteiger partial charge >= 0.3 is 0 Å². The van der Waals surface area contributed by atoms with E-state index in [1.165, 1.54) is 11.1 Å². The second-order valence-corrected chi connectivity index (χ2v) is 6.60. The number of hydrogen-bond donors (Lipinski definition) is 1. The Hall–Kier alpha value is -2.24. The Labute approximate surface area is 155 Å². The number of para-hydroxylation sites is 1. The lowest BCUT2D eigenvalue weighted by molar-refractivity contribution is 0.0517. The molecule has 26 heavy (non-hydrogen) atoms. The van der Waals surface area contributed by atoms with Crippen LogP contribution >= 0.6 is 0 Å². The molecule has 2 aromatic rings. The molecule has 0 saturated carbocycles. The van der Waals surface area contributed by atoms with E-state index in [1.54, 1.807) is 14.2 Å². The number of aliphatic hydroxyl groups excluding tert-OH is 1. The molecule has 0 aromatic heterocycles. The Morgan fingerprint density at radius 2 is 1.81 bits per heavy atom. The standard InChI is InChI=1S/C21H27NO4/c1-15-19-12-21(25-3)20(24-2)11-16(19)9-10-22(15)13-17(23)14-26-18-7-5-4-6-8-18/h4-8,11-12,15,17,23H,9-10,13-14H2,1-3H3/t15-,17+/m1/s1. The second kappa shape index (κ2) is 8.43. The zero-order valence-corrected chi connectivity index (χ0v) is 15.6. The summed E-state index contributed by atoms with van der Waals surface area (Å²) in [6.45, 7) is 3.91.